The summed E-state index contributed by atoms with van der Waals surface area (Å²) in [6.45, 7) is 0. The Kier molecular flexibility index (Phi) is 3.30. The Morgan fingerprint density at radius 1 is 0.947 bits per heavy atom. The predicted molar refractivity (Wildman–Crippen MR) is 81.9 cm³/mol. The molecule has 0 saturated heterocycles. The SMILES string of the molecule is CNC1(c2cccc(-c3ccc(Cl)c(Cl)c3)c2)CC1. The largest absolute Gasteiger partial charge is 0.310 e. The van der Waals surface area contributed by atoms with Gasteiger partial charge in [-0.2, -0.15) is 0 Å². The summed E-state index contributed by atoms with van der Waals surface area (Å²) in [4.78, 5) is 0. The molecule has 0 unspecified atom stereocenters. The van der Waals surface area contributed by atoms with Crippen molar-refractivity contribution in [2.24, 2.45) is 0 Å². The van der Waals surface area contributed by atoms with Crippen LogP contribution in [0.4, 0.5) is 0 Å². The summed E-state index contributed by atoms with van der Waals surface area (Å²) in [5.41, 5.74) is 3.81. The van der Waals surface area contributed by atoms with Gasteiger partial charge in [0.25, 0.3) is 0 Å². The van der Waals surface area contributed by atoms with Crippen molar-refractivity contribution in [1.29, 1.82) is 0 Å². The van der Waals surface area contributed by atoms with E-state index in [0.29, 0.717) is 10.0 Å². The first kappa shape index (κ1) is 13.0. The van der Waals surface area contributed by atoms with Crippen molar-refractivity contribution >= 4 is 23.2 Å². The van der Waals surface area contributed by atoms with Crippen molar-refractivity contribution in [2.45, 2.75) is 18.4 Å². The second-order valence-electron chi connectivity index (χ2n) is 5.04. The summed E-state index contributed by atoms with van der Waals surface area (Å²) in [5.74, 6) is 0. The maximum absolute atomic E-state index is 6.09. The molecule has 0 amide bonds. The zero-order chi connectivity index (χ0) is 13.5. The quantitative estimate of drug-likeness (QED) is 0.851. The van der Waals surface area contributed by atoms with Crippen LogP contribution < -0.4 is 5.32 Å². The number of hydrogen-bond donors (Lipinski definition) is 1. The Morgan fingerprint density at radius 3 is 2.32 bits per heavy atom. The van der Waals surface area contributed by atoms with Gasteiger partial charge in [-0.15, -0.1) is 0 Å². The maximum Gasteiger partial charge on any atom is 0.0598 e. The fraction of sp³-hybridized carbons (Fsp3) is 0.250. The Bertz CT molecular complexity index is 618. The molecule has 2 aromatic rings. The molecular formula is C16H15Cl2N. The molecule has 0 heterocycles. The zero-order valence-corrected chi connectivity index (χ0v) is 12.2. The molecule has 3 rings (SSSR count). The van der Waals surface area contributed by atoms with Crippen LogP contribution in [-0.2, 0) is 5.54 Å². The van der Waals surface area contributed by atoms with E-state index in [1.807, 2.05) is 25.2 Å². The molecule has 98 valence electrons. The molecule has 2 aromatic carbocycles. The molecule has 0 spiro atoms. The molecule has 3 heteroatoms. The summed E-state index contributed by atoms with van der Waals surface area (Å²) in [6, 6.07) is 14.4. The van der Waals surface area contributed by atoms with Crippen LogP contribution in [0.1, 0.15) is 18.4 Å². The molecule has 19 heavy (non-hydrogen) atoms. The monoisotopic (exact) mass is 291 g/mol. The fourth-order valence-electron chi connectivity index (χ4n) is 2.48. The first-order chi connectivity index (χ1) is 9.14. The summed E-state index contributed by atoms with van der Waals surface area (Å²) in [6.07, 6.45) is 2.41. The minimum Gasteiger partial charge on any atom is -0.310 e. The van der Waals surface area contributed by atoms with Gasteiger partial charge in [0.05, 0.1) is 10.0 Å². The van der Waals surface area contributed by atoms with Crippen LogP contribution in [0.25, 0.3) is 11.1 Å². The normalized spacial score (nSPS) is 16.4. The lowest BCUT2D eigenvalue weighted by Gasteiger charge is -2.16. The number of halogens is 2. The standard InChI is InChI=1S/C16H15Cl2N/c1-19-16(7-8-16)13-4-2-3-11(9-13)12-5-6-14(17)15(18)10-12/h2-6,9-10,19H,7-8H2,1H3. The lowest BCUT2D eigenvalue weighted by molar-refractivity contribution is 0.586. The molecule has 1 aliphatic carbocycles. The second kappa shape index (κ2) is 4.82. The van der Waals surface area contributed by atoms with Crippen molar-refractivity contribution in [3.63, 3.8) is 0 Å². The Morgan fingerprint density at radius 2 is 1.68 bits per heavy atom. The number of rotatable bonds is 3. The van der Waals surface area contributed by atoms with Gasteiger partial charge >= 0.3 is 0 Å². The minimum atomic E-state index is 0.187. The van der Waals surface area contributed by atoms with Gasteiger partial charge in [0.15, 0.2) is 0 Å². The second-order valence-corrected chi connectivity index (χ2v) is 5.86. The lowest BCUT2D eigenvalue weighted by Crippen LogP contribution is -2.24. The molecule has 1 saturated carbocycles. The van der Waals surface area contributed by atoms with E-state index in [9.17, 15) is 0 Å². The van der Waals surface area contributed by atoms with Gasteiger partial charge in [-0.3, -0.25) is 0 Å². The van der Waals surface area contributed by atoms with Gasteiger partial charge in [-0.1, -0.05) is 47.5 Å². The smallest absolute Gasteiger partial charge is 0.0598 e. The van der Waals surface area contributed by atoms with Crippen LogP contribution >= 0.6 is 23.2 Å². The highest BCUT2D eigenvalue weighted by Crippen LogP contribution is 2.45. The topological polar surface area (TPSA) is 12.0 Å². The third-order valence-corrected chi connectivity index (χ3v) is 4.64. The van der Waals surface area contributed by atoms with Crippen LogP contribution in [-0.4, -0.2) is 7.05 Å². The van der Waals surface area contributed by atoms with Crippen LogP contribution in [0.5, 0.6) is 0 Å². The Balaban J connectivity index is 2.01. The van der Waals surface area contributed by atoms with Gasteiger partial charge in [-0.05, 0) is 54.8 Å². The Labute approximate surface area is 123 Å². The molecule has 0 aliphatic heterocycles. The fourth-order valence-corrected chi connectivity index (χ4v) is 2.78. The predicted octanol–water partition coefficient (Wildman–Crippen LogP) is 4.87. The zero-order valence-electron chi connectivity index (χ0n) is 10.7. The molecule has 1 fully saturated rings. The van der Waals surface area contributed by atoms with E-state index in [4.69, 9.17) is 23.2 Å². The molecule has 0 atom stereocenters. The van der Waals surface area contributed by atoms with Crippen molar-refractivity contribution in [1.82, 2.24) is 5.32 Å². The van der Waals surface area contributed by atoms with E-state index in [1.165, 1.54) is 24.0 Å². The van der Waals surface area contributed by atoms with E-state index >= 15 is 0 Å². The van der Waals surface area contributed by atoms with Crippen molar-refractivity contribution in [3.05, 3.63) is 58.1 Å². The van der Waals surface area contributed by atoms with Crippen molar-refractivity contribution in [3.8, 4) is 11.1 Å². The van der Waals surface area contributed by atoms with E-state index in [2.05, 4.69) is 29.6 Å². The summed E-state index contributed by atoms with van der Waals surface area (Å²) in [5, 5.41) is 4.61. The first-order valence-electron chi connectivity index (χ1n) is 6.39. The molecule has 0 aromatic heterocycles. The van der Waals surface area contributed by atoms with Gasteiger partial charge in [0.1, 0.15) is 0 Å². The number of benzene rings is 2. The Hall–Kier alpha value is -1.02. The molecule has 1 nitrogen and oxygen atoms in total. The van der Waals surface area contributed by atoms with Crippen LogP contribution in [0, 0.1) is 0 Å². The number of hydrogen-bond acceptors (Lipinski definition) is 1. The molecule has 0 bridgehead atoms. The molecule has 1 N–H and O–H groups in total. The van der Waals surface area contributed by atoms with Crippen molar-refractivity contribution < 1.29 is 0 Å². The molecule has 0 radical (unpaired) electrons. The highest BCUT2D eigenvalue weighted by atomic mass is 35.5. The lowest BCUT2D eigenvalue weighted by atomic mass is 9.98. The van der Waals surface area contributed by atoms with E-state index in [1.54, 1.807) is 0 Å². The van der Waals surface area contributed by atoms with Crippen LogP contribution in [0.15, 0.2) is 42.5 Å². The highest BCUT2D eigenvalue weighted by molar-refractivity contribution is 6.42. The summed E-state index contributed by atoms with van der Waals surface area (Å²) < 4.78 is 0. The minimum absolute atomic E-state index is 0.187. The maximum atomic E-state index is 6.09. The van der Waals surface area contributed by atoms with E-state index in [-0.39, 0.29) is 5.54 Å². The summed E-state index contributed by atoms with van der Waals surface area (Å²) >= 11 is 12.1. The average Bonchev–Trinajstić information content (AvgIpc) is 3.23. The third kappa shape index (κ3) is 2.38. The average molecular weight is 292 g/mol. The van der Waals surface area contributed by atoms with Crippen molar-refractivity contribution in [2.75, 3.05) is 7.05 Å². The summed E-state index contributed by atoms with van der Waals surface area (Å²) in [7, 11) is 2.03. The van der Waals surface area contributed by atoms with Crippen LogP contribution in [0.2, 0.25) is 10.0 Å². The third-order valence-electron chi connectivity index (χ3n) is 3.90. The van der Waals surface area contributed by atoms with E-state index in [0.717, 1.165) is 5.56 Å². The van der Waals surface area contributed by atoms with Gasteiger partial charge in [-0.25, -0.2) is 0 Å². The van der Waals surface area contributed by atoms with Crippen LogP contribution in [0.3, 0.4) is 0 Å². The van der Waals surface area contributed by atoms with E-state index < -0.39 is 0 Å². The van der Waals surface area contributed by atoms with Gasteiger partial charge in [0.2, 0.25) is 0 Å². The van der Waals surface area contributed by atoms with Gasteiger partial charge < -0.3 is 5.32 Å². The first-order valence-corrected chi connectivity index (χ1v) is 7.15. The van der Waals surface area contributed by atoms with Gasteiger partial charge in [0, 0.05) is 5.54 Å². The molecule has 1 aliphatic rings. The number of nitrogens with one attached hydrogen (secondary N) is 1. The highest BCUT2D eigenvalue weighted by Gasteiger charge is 2.42. The molecular weight excluding hydrogens is 277 g/mol.